The Morgan fingerprint density at radius 3 is 2.28 bits per heavy atom. The molecule has 0 amide bonds. The fourth-order valence-corrected chi connectivity index (χ4v) is 2.30. The minimum atomic E-state index is -0.976. The second-order valence-electron chi connectivity index (χ2n) is 5.18. The van der Waals surface area contributed by atoms with Crippen LogP contribution in [-0.2, 0) is 6.61 Å². The number of fused-ring (bicyclic) bond motifs is 1. The van der Waals surface area contributed by atoms with Gasteiger partial charge in [0.05, 0.1) is 42.7 Å². The van der Waals surface area contributed by atoms with Crippen molar-refractivity contribution in [3.63, 3.8) is 0 Å². The molecule has 0 atom stereocenters. The van der Waals surface area contributed by atoms with Crippen molar-refractivity contribution < 1.29 is 24.1 Å². The van der Waals surface area contributed by atoms with Gasteiger partial charge in [0, 0.05) is 12.1 Å². The Labute approximate surface area is 143 Å². The lowest BCUT2D eigenvalue weighted by atomic mass is 10.2. The highest BCUT2D eigenvalue weighted by molar-refractivity contribution is 5.87. The van der Waals surface area contributed by atoms with Gasteiger partial charge in [0.15, 0.2) is 11.5 Å². The zero-order chi connectivity index (χ0) is 17.8. The van der Waals surface area contributed by atoms with E-state index in [1.165, 1.54) is 12.1 Å². The minimum absolute atomic E-state index is 0.207. The standard InChI is InChI=1S/C18H16N2O5/c1-23-16-7-14-15(8-17(16)24-2)20-12(9-19-14)10-25-13-5-3-11(4-6-13)18(21)22/h3-9H,10H2,1-2H3,(H,21,22). The van der Waals surface area contributed by atoms with E-state index >= 15 is 0 Å². The van der Waals surface area contributed by atoms with Crippen LogP contribution in [0.15, 0.2) is 42.6 Å². The van der Waals surface area contributed by atoms with Gasteiger partial charge < -0.3 is 19.3 Å². The molecule has 0 aliphatic carbocycles. The first kappa shape index (κ1) is 16.5. The molecule has 3 rings (SSSR count). The van der Waals surface area contributed by atoms with Gasteiger partial charge in [0.2, 0.25) is 0 Å². The van der Waals surface area contributed by atoms with Gasteiger partial charge in [-0.3, -0.25) is 4.98 Å². The van der Waals surface area contributed by atoms with Crippen molar-refractivity contribution in [3.8, 4) is 17.2 Å². The summed E-state index contributed by atoms with van der Waals surface area (Å²) in [4.78, 5) is 19.7. The number of nitrogens with zero attached hydrogens (tertiary/aromatic N) is 2. The molecule has 0 saturated heterocycles. The van der Waals surface area contributed by atoms with E-state index in [1.807, 2.05) is 0 Å². The van der Waals surface area contributed by atoms with Gasteiger partial charge in [0.1, 0.15) is 12.4 Å². The molecule has 1 N–H and O–H groups in total. The van der Waals surface area contributed by atoms with Crippen molar-refractivity contribution in [2.24, 2.45) is 0 Å². The van der Waals surface area contributed by atoms with Gasteiger partial charge in [-0.2, -0.15) is 0 Å². The summed E-state index contributed by atoms with van der Waals surface area (Å²) in [6, 6.07) is 9.70. The topological polar surface area (TPSA) is 90.8 Å². The number of hydrogen-bond acceptors (Lipinski definition) is 6. The van der Waals surface area contributed by atoms with E-state index in [4.69, 9.17) is 19.3 Å². The Bertz CT molecular complexity index is 909. The van der Waals surface area contributed by atoms with Gasteiger partial charge in [-0.1, -0.05) is 0 Å². The first-order valence-corrected chi connectivity index (χ1v) is 7.44. The largest absolute Gasteiger partial charge is 0.493 e. The van der Waals surface area contributed by atoms with Crippen LogP contribution in [0.2, 0.25) is 0 Å². The Morgan fingerprint density at radius 2 is 1.68 bits per heavy atom. The van der Waals surface area contributed by atoms with Gasteiger partial charge in [-0.15, -0.1) is 0 Å². The number of ether oxygens (including phenoxy) is 3. The fourth-order valence-electron chi connectivity index (χ4n) is 2.30. The molecule has 0 spiro atoms. The van der Waals surface area contributed by atoms with Gasteiger partial charge in [0.25, 0.3) is 0 Å². The zero-order valence-corrected chi connectivity index (χ0v) is 13.7. The van der Waals surface area contributed by atoms with Crippen LogP contribution in [0, 0.1) is 0 Å². The maximum atomic E-state index is 10.8. The maximum absolute atomic E-state index is 10.8. The second kappa shape index (κ2) is 7.04. The molecule has 0 aliphatic rings. The van der Waals surface area contributed by atoms with Crippen molar-refractivity contribution in [1.82, 2.24) is 9.97 Å². The molecule has 2 aromatic carbocycles. The average molecular weight is 340 g/mol. The Morgan fingerprint density at radius 1 is 1.04 bits per heavy atom. The van der Waals surface area contributed by atoms with Crippen LogP contribution in [0.3, 0.4) is 0 Å². The van der Waals surface area contributed by atoms with Crippen LogP contribution in [0.5, 0.6) is 17.2 Å². The van der Waals surface area contributed by atoms with Crippen LogP contribution < -0.4 is 14.2 Å². The van der Waals surface area contributed by atoms with E-state index in [1.54, 1.807) is 44.7 Å². The number of carbonyl (C=O) groups is 1. The Balaban J connectivity index is 1.78. The highest BCUT2D eigenvalue weighted by Gasteiger charge is 2.09. The molecule has 0 unspecified atom stereocenters. The molecule has 7 heteroatoms. The summed E-state index contributed by atoms with van der Waals surface area (Å²) < 4.78 is 16.1. The molecule has 3 aromatic rings. The zero-order valence-electron chi connectivity index (χ0n) is 13.7. The molecule has 0 radical (unpaired) electrons. The van der Waals surface area contributed by atoms with Crippen LogP contribution in [-0.4, -0.2) is 35.3 Å². The monoisotopic (exact) mass is 340 g/mol. The number of rotatable bonds is 6. The highest BCUT2D eigenvalue weighted by Crippen LogP contribution is 2.30. The van der Waals surface area contributed by atoms with Crippen LogP contribution in [0.4, 0.5) is 0 Å². The molecular formula is C18H16N2O5. The lowest BCUT2D eigenvalue weighted by Crippen LogP contribution is -2.01. The first-order chi connectivity index (χ1) is 12.1. The SMILES string of the molecule is COc1cc2ncc(COc3ccc(C(=O)O)cc3)nc2cc1OC. The van der Waals surface area contributed by atoms with Crippen molar-refractivity contribution >= 4 is 17.0 Å². The van der Waals surface area contributed by atoms with Gasteiger partial charge in [-0.05, 0) is 24.3 Å². The maximum Gasteiger partial charge on any atom is 0.335 e. The molecule has 0 fully saturated rings. The third-order valence-electron chi connectivity index (χ3n) is 3.59. The van der Waals surface area contributed by atoms with E-state index in [0.29, 0.717) is 34.0 Å². The van der Waals surface area contributed by atoms with E-state index in [0.717, 1.165) is 0 Å². The van der Waals surface area contributed by atoms with E-state index in [2.05, 4.69) is 9.97 Å². The molecular weight excluding hydrogens is 324 g/mol. The number of hydrogen-bond donors (Lipinski definition) is 1. The predicted octanol–water partition coefficient (Wildman–Crippen LogP) is 2.92. The van der Waals surface area contributed by atoms with Crippen LogP contribution >= 0.6 is 0 Å². The molecule has 25 heavy (non-hydrogen) atoms. The first-order valence-electron chi connectivity index (χ1n) is 7.44. The van der Waals surface area contributed by atoms with Crippen LogP contribution in [0.25, 0.3) is 11.0 Å². The van der Waals surface area contributed by atoms with Crippen molar-refractivity contribution in [1.29, 1.82) is 0 Å². The highest BCUT2D eigenvalue weighted by atomic mass is 16.5. The van der Waals surface area contributed by atoms with Crippen molar-refractivity contribution in [2.45, 2.75) is 6.61 Å². The molecule has 0 saturated carbocycles. The molecule has 1 heterocycles. The van der Waals surface area contributed by atoms with E-state index in [-0.39, 0.29) is 12.2 Å². The number of aromatic nitrogens is 2. The van der Waals surface area contributed by atoms with E-state index < -0.39 is 5.97 Å². The number of methoxy groups -OCH3 is 2. The molecule has 1 aromatic heterocycles. The summed E-state index contributed by atoms with van der Waals surface area (Å²) in [5.41, 5.74) is 2.20. The normalized spacial score (nSPS) is 10.5. The molecule has 0 aliphatic heterocycles. The quantitative estimate of drug-likeness (QED) is 0.737. The lowest BCUT2D eigenvalue weighted by molar-refractivity contribution is 0.0697. The Hall–Kier alpha value is -3.35. The number of aromatic carboxylic acids is 1. The fraction of sp³-hybridized carbons (Fsp3) is 0.167. The minimum Gasteiger partial charge on any atom is -0.493 e. The summed E-state index contributed by atoms with van der Waals surface area (Å²) in [6.45, 7) is 0.212. The average Bonchev–Trinajstić information content (AvgIpc) is 2.65. The number of benzene rings is 2. The number of carboxylic acid groups (broad SMARTS) is 1. The number of carboxylic acids is 1. The molecule has 0 bridgehead atoms. The third-order valence-corrected chi connectivity index (χ3v) is 3.59. The van der Waals surface area contributed by atoms with Crippen molar-refractivity contribution in [3.05, 3.63) is 53.9 Å². The lowest BCUT2D eigenvalue weighted by Gasteiger charge is -2.10. The summed E-state index contributed by atoms with van der Waals surface area (Å²) >= 11 is 0. The Kier molecular flexibility index (Phi) is 4.65. The van der Waals surface area contributed by atoms with E-state index in [9.17, 15) is 4.79 Å². The predicted molar refractivity (Wildman–Crippen MR) is 90.4 cm³/mol. The summed E-state index contributed by atoms with van der Waals surface area (Å²) in [6.07, 6.45) is 1.62. The van der Waals surface area contributed by atoms with Gasteiger partial charge in [-0.25, -0.2) is 9.78 Å². The summed E-state index contributed by atoms with van der Waals surface area (Å²) in [5, 5.41) is 8.89. The summed E-state index contributed by atoms with van der Waals surface area (Å²) in [5.74, 6) is 0.744. The third kappa shape index (κ3) is 3.60. The summed E-state index contributed by atoms with van der Waals surface area (Å²) in [7, 11) is 3.12. The second-order valence-corrected chi connectivity index (χ2v) is 5.18. The van der Waals surface area contributed by atoms with Gasteiger partial charge >= 0.3 is 5.97 Å². The molecule has 128 valence electrons. The van der Waals surface area contributed by atoms with Crippen LogP contribution in [0.1, 0.15) is 16.1 Å². The smallest absolute Gasteiger partial charge is 0.335 e. The van der Waals surface area contributed by atoms with Crippen molar-refractivity contribution in [2.75, 3.05) is 14.2 Å². The molecule has 7 nitrogen and oxygen atoms in total.